The number of esters is 1. The summed E-state index contributed by atoms with van der Waals surface area (Å²) in [5, 5.41) is 8.29. The molecule has 1 saturated heterocycles. The number of carbonyl (C=O) groups excluding carboxylic acids is 4. The van der Waals surface area contributed by atoms with Crippen molar-refractivity contribution in [3.05, 3.63) is 29.8 Å². The Morgan fingerprint density at radius 3 is 2.77 bits per heavy atom. The van der Waals surface area contributed by atoms with E-state index in [-0.39, 0.29) is 30.7 Å². The molecule has 0 radical (unpaired) electrons. The van der Waals surface area contributed by atoms with Crippen molar-refractivity contribution in [2.75, 3.05) is 38.1 Å². The van der Waals surface area contributed by atoms with Crippen molar-refractivity contribution in [3.63, 3.8) is 0 Å². The smallest absolute Gasteiger partial charge is 0.307 e. The first-order chi connectivity index (χ1) is 14.9. The molecule has 1 aromatic carbocycles. The monoisotopic (exact) mass is 432 g/mol. The Balaban J connectivity index is 1.95. The average Bonchev–Trinajstić information content (AvgIpc) is 2.74. The lowest BCUT2D eigenvalue weighted by Gasteiger charge is -2.33. The first kappa shape index (κ1) is 24.3. The van der Waals surface area contributed by atoms with Gasteiger partial charge in [0.2, 0.25) is 11.8 Å². The van der Waals surface area contributed by atoms with Crippen LogP contribution in [0, 0.1) is 0 Å². The van der Waals surface area contributed by atoms with Gasteiger partial charge in [0.25, 0.3) is 5.91 Å². The van der Waals surface area contributed by atoms with E-state index in [4.69, 9.17) is 4.74 Å². The lowest BCUT2D eigenvalue weighted by molar-refractivity contribution is -0.149. The van der Waals surface area contributed by atoms with Crippen LogP contribution in [0.1, 0.15) is 49.9 Å². The predicted octanol–water partition coefficient (Wildman–Crippen LogP) is 1.30. The van der Waals surface area contributed by atoms with Gasteiger partial charge in [0.05, 0.1) is 19.6 Å². The fraction of sp³-hybridized carbons (Fsp3) is 0.545. The third kappa shape index (κ3) is 8.01. The lowest BCUT2D eigenvalue weighted by Crippen LogP contribution is -2.57. The maximum Gasteiger partial charge on any atom is 0.307 e. The fourth-order valence-electron chi connectivity index (χ4n) is 3.18. The minimum Gasteiger partial charge on any atom is -0.466 e. The largest absolute Gasteiger partial charge is 0.466 e. The molecular weight excluding hydrogens is 400 g/mol. The van der Waals surface area contributed by atoms with E-state index in [0.29, 0.717) is 37.5 Å². The summed E-state index contributed by atoms with van der Waals surface area (Å²) in [7, 11) is 0. The molecule has 1 atom stereocenters. The number of hydrogen-bond donors (Lipinski definition) is 3. The number of nitrogens with one attached hydrogen (secondary N) is 3. The molecule has 2 rings (SSSR count). The van der Waals surface area contributed by atoms with Gasteiger partial charge in [-0.05, 0) is 31.0 Å². The van der Waals surface area contributed by atoms with Crippen LogP contribution in [0.15, 0.2) is 24.3 Å². The van der Waals surface area contributed by atoms with Gasteiger partial charge in [0.1, 0.15) is 6.04 Å². The van der Waals surface area contributed by atoms with E-state index < -0.39 is 12.0 Å². The number of piperazine rings is 1. The Morgan fingerprint density at radius 1 is 1.23 bits per heavy atom. The van der Waals surface area contributed by atoms with Crippen molar-refractivity contribution in [1.82, 2.24) is 15.5 Å². The normalized spacial score (nSPS) is 16.3. The summed E-state index contributed by atoms with van der Waals surface area (Å²) in [5.41, 5.74) is 0.947. The molecule has 1 aliphatic rings. The van der Waals surface area contributed by atoms with Crippen LogP contribution in [0.5, 0.6) is 0 Å². The Morgan fingerprint density at radius 2 is 2.03 bits per heavy atom. The van der Waals surface area contributed by atoms with Crippen LogP contribution in [0.2, 0.25) is 0 Å². The minimum absolute atomic E-state index is 0.0490. The van der Waals surface area contributed by atoms with Crippen LogP contribution in [0.3, 0.4) is 0 Å². The third-order valence-electron chi connectivity index (χ3n) is 4.85. The first-order valence-electron chi connectivity index (χ1n) is 10.8. The Kier molecular flexibility index (Phi) is 9.96. The third-order valence-corrected chi connectivity index (χ3v) is 4.85. The van der Waals surface area contributed by atoms with Crippen LogP contribution >= 0.6 is 0 Å². The van der Waals surface area contributed by atoms with Gasteiger partial charge in [-0.15, -0.1) is 0 Å². The molecule has 0 saturated carbocycles. The highest BCUT2D eigenvalue weighted by molar-refractivity contribution is 5.98. The molecule has 0 bridgehead atoms. The van der Waals surface area contributed by atoms with Gasteiger partial charge < -0.3 is 20.7 Å². The zero-order chi connectivity index (χ0) is 22.6. The number of rotatable bonds is 11. The SMILES string of the molecule is CCCCOC(=O)CC1C(=O)NCCN1CC(=O)Nc1cccc(C(=O)NCCC)c1. The van der Waals surface area contributed by atoms with Crippen LogP contribution in [0.25, 0.3) is 0 Å². The van der Waals surface area contributed by atoms with Gasteiger partial charge in [0, 0.05) is 30.9 Å². The van der Waals surface area contributed by atoms with E-state index in [1.807, 2.05) is 13.8 Å². The molecule has 9 heteroatoms. The van der Waals surface area contributed by atoms with Crippen LogP contribution in [-0.4, -0.2) is 67.4 Å². The molecule has 1 heterocycles. The second-order valence-corrected chi connectivity index (χ2v) is 7.44. The maximum atomic E-state index is 12.6. The fourth-order valence-corrected chi connectivity index (χ4v) is 3.18. The van der Waals surface area contributed by atoms with Gasteiger partial charge in [-0.3, -0.25) is 24.1 Å². The maximum absolute atomic E-state index is 12.6. The molecule has 3 N–H and O–H groups in total. The van der Waals surface area contributed by atoms with Crippen molar-refractivity contribution in [2.45, 2.75) is 45.6 Å². The quantitative estimate of drug-likeness (QED) is 0.358. The van der Waals surface area contributed by atoms with Crippen LogP contribution in [0.4, 0.5) is 5.69 Å². The van der Waals surface area contributed by atoms with Crippen molar-refractivity contribution >= 4 is 29.4 Å². The highest BCUT2D eigenvalue weighted by atomic mass is 16.5. The lowest BCUT2D eigenvalue weighted by atomic mass is 10.1. The molecule has 0 aliphatic carbocycles. The summed E-state index contributed by atoms with van der Waals surface area (Å²) in [5.74, 6) is -1.27. The topological polar surface area (TPSA) is 117 Å². The molecule has 31 heavy (non-hydrogen) atoms. The summed E-state index contributed by atoms with van der Waals surface area (Å²) in [6.07, 6.45) is 2.41. The molecule has 0 aromatic heterocycles. The molecule has 1 aliphatic heterocycles. The van der Waals surface area contributed by atoms with Gasteiger partial charge in [-0.25, -0.2) is 0 Å². The molecule has 170 valence electrons. The van der Waals surface area contributed by atoms with E-state index in [2.05, 4.69) is 16.0 Å². The number of nitrogens with zero attached hydrogens (tertiary/aromatic N) is 1. The summed E-state index contributed by atoms with van der Waals surface area (Å²) in [6, 6.07) is 5.92. The number of benzene rings is 1. The Bertz CT molecular complexity index is 783. The number of unbranched alkanes of at least 4 members (excludes halogenated alkanes) is 1. The molecule has 1 aromatic rings. The summed E-state index contributed by atoms with van der Waals surface area (Å²) >= 11 is 0. The van der Waals surface area contributed by atoms with Crippen molar-refractivity contribution in [1.29, 1.82) is 0 Å². The van der Waals surface area contributed by atoms with Crippen LogP contribution < -0.4 is 16.0 Å². The van der Waals surface area contributed by atoms with Crippen LogP contribution in [-0.2, 0) is 19.1 Å². The highest BCUT2D eigenvalue weighted by Gasteiger charge is 2.33. The molecule has 0 spiro atoms. The number of hydrogen-bond acceptors (Lipinski definition) is 6. The molecule has 9 nitrogen and oxygen atoms in total. The minimum atomic E-state index is -0.750. The Hall–Kier alpha value is -2.94. The molecular formula is C22H32N4O5. The van der Waals surface area contributed by atoms with Crippen molar-refractivity contribution < 1.29 is 23.9 Å². The van der Waals surface area contributed by atoms with Gasteiger partial charge >= 0.3 is 5.97 Å². The number of ether oxygens (including phenoxy) is 1. The van der Waals surface area contributed by atoms with E-state index in [0.717, 1.165) is 19.3 Å². The van der Waals surface area contributed by atoms with E-state index in [1.54, 1.807) is 29.2 Å². The standard InChI is InChI=1S/C22H32N4O5/c1-3-5-12-31-20(28)14-18-22(30)24-10-11-26(18)15-19(27)25-17-8-6-7-16(13-17)21(29)23-9-4-2/h6-8,13,18H,3-5,9-12,14-15H2,1-2H3,(H,23,29)(H,24,30)(H,25,27). The number of amides is 3. The zero-order valence-corrected chi connectivity index (χ0v) is 18.2. The van der Waals surface area contributed by atoms with E-state index in [9.17, 15) is 19.2 Å². The van der Waals surface area contributed by atoms with Gasteiger partial charge in [0.15, 0.2) is 0 Å². The molecule has 3 amide bonds. The van der Waals surface area contributed by atoms with Gasteiger partial charge in [-0.2, -0.15) is 0 Å². The average molecular weight is 433 g/mol. The number of carbonyl (C=O) groups is 4. The summed E-state index contributed by atoms with van der Waals surface area (Å²) in [6.45, 7) is 5.67. The zero-order valence-electron chi connectivity index (χ0n) is 18.2. The second-order valence-electron chi connectivity index (χ2n) is 7.44. The Labute approximate surface area is 182 Å². The molecule has 1 fully saturated rings. The predicted molar refractivity (Wildman–Crippen MR) is 117 cm³/mol. The van der Waals surface area contributed by atoms with Gasteiger partial charge in [-0.1, -0.05) is 26.3 Å². The summed E-state index contributed by atoms with van der Waals surface area (Å²) < 4.78 is 5.16. The first-order valence-corrected chi connectivity index (χ1v) is 10.8. The van der Waals surface area contributed by atoms with Crippen molar-refractivity contribution in [3.8, 4) is 0 Å². The van der Waals surface area contributed by atoms with E-state index in [1.165, 1.54) is 0 Å². The summed E-state index contributed by atoms with van der Waals surface area (Å²) in [4.78, 5) is 50.7. The highest BCUT2D eigenvalue weighted by Crippen LogP contribution is 2.13. The molecule has 1 unspecified atom stereocenters. The number of anilines is 1. The van der Waals surface area contributed by atoms with Crippen molar-refractivity contribution in [2.24, 2.45) is 0 Å². The van der Waals surface area contributed by atoms with E-state index >= 15 is 0 Å². The second kappa shape index (κ2) is 12.7.